The summed E-state index contributed by atoms with van der Waals surface area (Å²) in [5.41, 5.74) is 7.47. The third-order valence-corrected chi connectivity index (χ3v) is 4.21. The molecule has 0 aliphatic heterocycles. The molecule has 6 nitrogen and oxygen atoms in total. The smallest absolute Gasteiger partial charge is 0.273 e. The Balaban J connectivity index is 1.71. The molecule has 1 amide bonds. The largest absolute Gasteiger partial charge is 0.298 e. The first-order valence-electron chi connectivity index (χ1n) is 6.41. The Kier molecular flexibility index (Phi) is 4.21. The number of benzene rings is 1. The lowest BCUT2D eigenvalue weighted by Crippen LogP contribution is -2.29. The van der Waals surface area contributed by atoms with Crippen molar-refractivity contribution in [2.45, 2.75) is 6.92 Å². The summed E-state index contributed by atoms with van der Waals surface area (Å²) >= 11 is 4.82. The van der Waals surface area contributed by atoms with E-state index in [2.05, 4.69) is 36.9 Å². The second kappa shape index (κ2) is 6.29. The van der Waals surface area contributed by atoms with Crippen LogP contribution in [0.3, 0.4) is 0 Å². The molecule has 0 unspecified atom stereocenters. The van der Waals surface area contributed by atoms with E-state index >= 15 is 0 Å². The molecule has 2 heterocycles. The minimum absolute atomic E-state index is 0.247. The van der Waals surface area contributed by atoms with E-state index in [4.69, 9.17) is 0 Å². The normalized spacial score (nSPS) is 10.5. The fraction of sp³-hybridized carbons (Fsp3) is 0.0714. The van der Waals surface area contributed by atoms with Crippen molar-refractivity contribution in [3.05, 3.63) is 57.8 Å². The van der Waals surface area contributed by atoms with E-state index in [9.17, 15) is 4.79 Å². The zero-order valence-electron chi connectivity index (χ0n) is 11.6. The van der Waals surface area contributed by atoms with Crippen LogP contribution in [0.5, 0.6) is 0 Å². The highest BCUT2D eigenvalue weighted by Gasteiger charge is 2.14. The maximum absolute atomic E-state index is 12.2. The molecule has 3 rings (SSSR count). The van der Waals surface area contributed by atoms with Gasteiger partial charge in [-0.2, -0.15) is 5.10 Å². The van der Waals surface area contributed by atoms with E-state index in [0.29, 0.717) is 11.3 Å². The Hall–Kier alpha value is -2.19. The fourth-order valence-corrected chi connectivity index (χ4v) is 2.67. The van der Waals surface area contributed by atoms with Crippen molar-refractivity contribution >= 4 is 38.9 Å². The van der Waals surface area contributed by atoms with E-state index in [1.54, 1.807) is 24.0 Å². The zero-order valence-corrected chi connectivity index (χ0v) is 14.0. The number of halogens is 1. The van der Waals surface area contributed by atoms with Gasteiger partial charge < -0.3 is 0 Å². The summed E-state index contributed by atoms with van der Waals surface area (Å²) in [6.45, 7) is 1.79. The number of nitrogens with one attached hydrogen (secondary N) is 2. The lowest BCUT2D eigenvalue weighted by Gasteiger charge is -2.07. The van der Waals surface area contributed by atoms with Crippen molar-refractivity contribution in [1.29, 1.82) is 0 Å². The Bertz CT molecular complexity index is 782. The second-order valence-corrected chi connectivity index (χ2v) is 6.26. The van der Waals surface area contributed by atoms with Gasteiger partial charge in [-0.05, 0) is 31.2 Å². The van der Waals surface area contributed by atoms with Crippen LogP contribution in [0.25, 0.3) is 5.13 Å². The number of rotatable bonds is 4. The first-order chi connectivity index (χ1) is 10.6. The van der Waals surface area contributed by atoms with Gasteiger partial charge in [-0.1, -0.05) is 15.9 Å². The topological polar surface area (TPSA) is 71.8 Å². The highest BCUT2D eigenvalue weighted by atomic mass is 79.9. The number of hydrogen-bond donors (Lipinski definition) is 2. The number of anilines is 1. The van der Waals surface area contributed by atoms with Crippen molar-refractivity contribution < 1.29 is 4.79 Å². The predicted octanol–water partition coefficient (Wildman–Crippen LogP) is 3.16. The van der Waals surface area contributed by atoms with Crippen LogP contribution < -0.4 is 10.9 Å². The van der Waals surface area contributed by atoms with E-state index < -0.39 is 0 Å². The third kappa shape index (κ3) is 3.18. The van der Waals surface area contributed by atoms with Gasteiger partial charge >= 0.3 is 0 Å². The van der Waals surface area contributed by atoms with Crippen LogP contribution >= 0.6 is 27.3 Å². The number of hydrogen-bond acceptors (Lipinski definition) is 5. The highest BCUT2D eigenvalue weighted by molar-refractivity contribution is 9.10. The maximum atomic E-state index is 12.2. The van der Waals surface area contributed by atoms with Crippen molar-refractivity contribution in [2.24, 2.45) is 0 Å². The molecule has 2 aromatic heterocycles. The van der Waals surface area contributed by atoms with E-state index in [0.717, 1.165) is 15.3 Å². The van der Waals surface area contributed by atoms with Gasteiger partial charge in [0.05, 0.1) is 16.9 Å². The lowest BCUT2D eigenvalue weighted by atomic mass is 10.2. The molecule has 1 aromatic carbocycles. The van der Waals surface area contributed by atoms with Crippen LogP contribution in [-0.4, -0.2) is 20.7 Å². The molecule has 0 bridgehead atoms. The van der Waals surface area contributed by atoms with Crippen molar-refractivity contribution in [1.82, 2.24) is 20.2 Å². The number of amides is 1. The first kappa shape index (κ1) is 14.7. The minimum atomic E-state index is -0.247. The molecule has 22 heavy (non-hydrogen) atoms. The first-order valence-corrected chi connectivity index (χ1v) is 8.09. The van der Waals surface area contributed by atoms with Gasteiger partial charge in [0.1, 0.15) is 0 Å². The van der Waals surface area contributed by atoms with Gasteiger partial charge in [-0.3, -0.25) is 15.6 Å². The van der Waals surface area contributed by atoms with Gasteiger partial charge in [0, 0.05) is 22.2 Å². The van der Waals surface area contributed by atoms with E-state index in [1.807, 2.05) is 29.6 Å². The summed E-state index contributed by atoms with van der Waals surface area (Å²) < 4.78 is 2.58. The molecule has 112 valence electrons. The van der Waals surface area contributed by atoms with Crippen LogP contribution in [0.15, 0.2) is 46.5 Å². The molecule has 0 spiro atoms. The van der Waals surface area contributed by atoms with Crippen LogP contribution in [0, 0.1) is 6.92 Å². The second-order valence-electron chi connectivity index (χ2n) is 4.47. The average molecular weight is 378 g/mol. The molecule has 0 aliphatic rings. The zero-order chi connectivity index (χ0) is 15.5. The molecular weight excluding hydrogens is 366 g/mol. The standard InChI is InChI=1S/C14H12BrN5OS/c1-9-12(8-20(19-9)14-16-6-7-22-14)13(21)18-17-11-4-2-10(15)3-5-11/h2-8,17H,1H3,(H,18,21). The summed E-state index contributed by atoms with van der Waals surface area (Å²) in [4.78, 5) is 16.4. The maximum Gasteiger partial charge on any atom is 0.273 e. The Morgan fingerprint density at radius 2 is 2.09 bits per heavy atom. The SMILES string of the molecule is Cc1nn(-c2nccs2)cc1C(=O)NNc1ccc(Br)cc1. The van der Waals surface area contributed by atoms with Crippen LogP contribution in [0.1, 0.15) is 16.1 Å². The number of carbonyl (C=O) groups excluding carboxylic acids is 1. The number of hydrazine groups is 1. The molecule has 0 saturated carbocycles. The van der Waals surface area contributed by atoms with Gasteiger partial charge in [-0.25, -0.2) is 9.67 Å². The number of aryl methyl sites for hydroxylation is 1. The summed E-state index contributed by atoms with van der Waals surface area (Å²) in [6.07, 6.45) is 3.37. The monoisotopic (exact) mass is 377 g/mol. The van der Waals surface area contributed by atoms with Gasteiger partial charge in [-0.15, -0.1) is 11.3 Å². The quantitative estimate of drug-likeness (QED) is 0.685. The number of carbonyl (C=O) groups is 1. The minimum Gasteiger partial charge on any atom is -0.298 e. The molecule has 0 aliphatic carbocycles. The summed E-state index contributed by atoms with van der Waals surface area (Å²) in [5, 5.41) is 6.90. The number of nitrogens with zero attached hydrogens (tertiary/aromatic N) is 3. The summed E-state index contributed by atoms with van der Waals surface area (Å²) in [7, 11) is 0. The van der Waals surface area contributed by atoms with Gasteiger partial charge in [0.2, 0.25) is 5.13 Å². The Morgan fingerprint density at radius 3 is 2.77 bits per heavy atom. The average Bonchev–Trinajstić information content (AvgIpc) is 3.15. The molecule has 0 saturated heterocycles. The lowest BCUT2D eigenvalue weighted by molar-refractivity contribution is 0.0962. The molecule has 0 atom stereocenters. The third-order valence-electron chi connectivity index (χ3n) is 2.92. The highest BCUT2D eigenvalue weighted by Crippen LogP contribution is 2.15. The summed E-state index contributed by atoms with van der Waals surface area (Å²) in [6, 6.07) is 7.49. The van der Waals surface area contributed by atoms with Crippen LogP contribution in [0.4, 0.5) is 5.69 Å². The van der Waals surface area contributed by atoms with E-state index in [1.165, 1.54) is 11.3 Å². The molecular formula is C14H12BrN5OS. The molecule has 8 heteroatoms. The molecule has 3 aromatic rings. The fourth-order valence-electron chi connectivity index (χ4n) is 1.84. The van der Waals surface area contributed by atoms with E-state index in [-0.39, 0.29) is 5.91 Å². The number of aromatic nitrogens is 3. The molecule has 0 fully saturated rings. The van der Waals surface area contributed by atoms with Crippen molar-refractivity contribution in [3.63, 3.8) is 0 Å². The Morgan fingerprint density at radius 1 is 1.32 bits per heavy atom. The van der Waals surface area contributed by atoms with Gasteiger partial charge in [0.25, 0.3) is 5.91 Å². The summed E-state index contributed by atoms with van der Waals surface area (Å²) in [5.74, 6) is -0.247. The number of thiazole rings is 1. The predicted molar refractivity (Wildman–Crippen MR) is 89.2 cm³/mol. The van der Waals surface area contributed by atoms with Crippen molar-refractivity contribution in [3.8, 4) is 5.13 Å². The molecule has 0 radical (unpaired) electrons. The van der Waals surface area contributed by atoms with Crippen LogP contribution in [0.2, 0.25) is 0 Å². The van der Waals surface area contributed by atoms with Crippen molar-refractivity contribution in [2.75, 3.05) is 5.43 Å². The van der Waals surface area contributed by atoms with Crippen LogP contribution in [-0.2, 0) is 0 Å². The Labute approximate surface area is 139 Å². The van der Waals surface area contributed by atoms with Gasteiger partial charge in [0.15, 0.2) is 0 Å². The molecule has 2 N–H and O–H groups in total.